The first kappa shape index (κ1) is 25.8. The number of carbonyl (C=O) groups is 1. The van der Waals surface area contributed by atoms with Gasteiger partial charge in [-0.05, 0) is 57.5 Å². The normalized spacial score (nSPS) is 23.6. The molecule has 192 valence electrons. The molecule has 4 rings (SSSR count). The fourth-order valence-electron chi connectivity index (χ4n) is 5.13. The molecule has 0 aliphatic carbocycles. The molecule has 1 aromatic carbocycles. The largest absolute Gasteiger partial charge is 0.398 e. The summed E-state index contributed by atoms with van der Waals surface area (Å²) in [6.45, 7) is 6.17. The van der Waals surface area contributed by atoms with E-state index in [2.05, 4.69) is 15.3 Å². The van der Waals surface area contributed by atoms with E-state index in [1.165, 1.54) is 18.2 Å². The lowest BCUT2D eigenvalue weighted by atomic mass is 9.90. The first-order valence-electron chi connectivity index (χ1n) is 12.3. The summed E-state index contributed by atoms with van der Waals surface area (Å²) < 4.78 is 28.4. The molecular formula is C27H34F2N6O. The minimum Gasteiger partial charge on any atom is -0.398 e. The van der Waals surface area contributed by atoms with Crippen molar-refractivity contribution in [2.75, 3.05) is 33.2 Å². The van der Waals surface area contributed by atoms with Crippen LogP contribution in [0.25, 0.3) is 5.70 Å². The Hall–Kier alpha value is -3.33. The van der Waals surface area contributed by atoms with Gasteiger partial charge >= 0.3 is 6.03 Å². The topological polar surface area (TPSA) is 86.9 Å². The van der Waals surface area contributed by atoms with Crippen molar-refractivity contribution in [3.63, 3.8) is 0 Å². The second kappa shape index (κ2) is 10.7. The standard InChI is InChI=1S/C27H34F2N6O/c1-18-14-19(8-11-32-18)25(30)21-16-35(13-9-24(21)31-3)26(36)33-27(2)10-5-12-34(17-27)15-20-22(28)6-4-7-23(20)29/h4,6-8,11,14H,5,9-10,12-13,15-17,30H2,1-3H3,(H,33,36). The molecule has 0 bridgehead atoms. The zero-order valence-electron chi connectivity index (χ0n) is 21.2. The molecule has 36 heavy (non-hydrogen) atoms. The number of hydrogen-bond donors (Lipinski definition) is 2. The number of nitrogens with two attached hydrogens (primary N) is 1. The first-order chi connectivity index (χ1) is 17.2. The van der Waals surface area contributed by atoms with Crippen molar-refractivity contribution in [3.05, 3.63) is 70.6 Å². The number of carbonyl (C=O) groups excluding carboxylic acids is 1. The van der Waals surface area contributed by atoms with Gasteiger partial charge in [0.05, 0.1) is 12.1 Å². The van der Waals surface area contributed by atoms with Gasteiger partial charge in [0.1, 0.15) is 11.6 Å². The van der Waals surface area contributed by atoms with Crippen LogP contribution >= 0.6 is 0 Å². The van der Waals surface area contributed by atoms with Gasteiger partial charge < -0.3 is 16.0 Å². The molecule has 3 heterocycles. The van der Waals surface area contributed by atoms with Crippen molar-refractivity contribution in [2.24, 2.45) is 10.7 Å². The molecule has 1 aromatic heterocycles. The van der Waals surface area contributed by atoms with Crippen LogP contribution in [0, 0.1) is 18.6 Å². The van der Waals surface area contributed by atoms with Gasteiger partial charge in [-0.3, -0.25) is 14.9 Å². The van der Waals surface area contributed by atoms with E-state index in [4.69, 9.17) is 5.73 Å². The molecule has 0 saturated carbocycles. The maximum absolute atomic E-state index is 14.2. The number of halogens is 2. The highest BCUT2D eigenvalue weighted by molar-refractivity contribution is 6.07. The van der Waals surface area contributed by atoms with Crippen LogP contribution in [0.3, 0.4) is 0 Å². The number of amides is 2. The van der Waals surface area contributed by atoms with Crippen molar-refractivity contribution >= 4 is 17.4 Å². The fraction of sp³-hybridized carbons (Fsp3) is 0.444. The lowest BCUT2D eigenvalue weighted by Gasteiger charge is -2.42. The number of benzene rings is 1. The first-order valence-corrected chi connectivity index (χ1v) is 12.3. The van der Waals surface area contributed by atoms with Crippen LogP contribution < -0.4 is 11.1 Å². The smallest absolute Gasteiger partial charge is 0.318 e. The number of rotatable bonds is 4. The third kappa shape index (κ3) is 5.73. The zero-order chi connectivity index (χ0) is 25.9. The molecule has 2 saturated heterocycles. The Morgan fingerprint density at radius 3 is 2.69 bits per heavy atom. The second-order valence-corrected chi connectivity index (χ2v) is 9.93. The molecule has 0 spiro atoms. The molecule has 2 fully saturated rings. The number of aromatic nitrogens is 1. The van der Waals surface area contributed by atoms with E-state index in [1.807, 2.05) is 30.9 Å². The summed E-state index contributed by atoms with van der Waals surface area (Å²) in [6.07, 6.45) is 3.93. The molecule has 2 aromatic rings. The number of aryl methyl sites for hydroxylation is 1. The van der Waals surface area contributed by atoms with Gasteiger partial charge in [-0.1, -0.05) is 6.07 Å². The van der Waals surface area contributed by atoms with Crippen molar-refractivity contribution in [2.45, 2.75) is 45.2 Å². The highest BCUT2D eigenvalue weighted by Crippen LogP contribution is 2.26. The summed E-state index contributed by atoms with van der Waals surface area (Å²) in [7, 11) is 1.74. The molecule has 1 unspecified atom stereocenters. The lowest BCUT2D eigenvalue weighted by molar-refractivity contribution is 0.119. The van der Waals surface area contributed by atoms with Gasteiger partial charge in [0.25, 0.3) is 0 Å². The Morgan fingerprint density at radius 1 is 1.25 bits per heavy atom. The van der Waals surface area contributed by atoms with E-state index in [0.29, 0.717) is 38.3 Å². The number of nitrogens with zero attached hydrogens (tertiary/aromatic N) is 4. The quantitative estimate of drug-likeness (QED) is 0.673. The predicted molar refractivity (Wildman–Crippen MR) is 137 cm³/mol. The van der Waals surface area contributed by atoms with Crippen LogP contribution in [-0.4, -0.2) is 65.3 Å². The maximum atomic E-state index is 14.2. The Morgan fingerprint density at radius 2 is 2.00 bits per heavy atom. The SMILES string of the molecule is CN=C1CCN(C(=O)NC2(C)CCCN(Cc3c(F)cccc3F)C2)CC1=C(N)c1ccnc(C)c1. The van der Waals surface area contributed by atoms with E-state index in [1.54, 1.807) is 18.1 Å². The van der Waals surface area contributed by atoms with Crippen LogP contribution in [0.1, 0.15) is 43.0 Å². The number of piperidine rings is 2. The summed E-state index contributed by atoms with van der Waals surface area (Å²) in [5, 5.41) is 3.20. The number of nitrogens with one attached hydrogen (secondary N) is 1. The molecular weight excluding hydrogens is 462 g/mol. The zero-order valence-corrected chi connectivity index (χ0v) is 21.2. The van der Waals surface area contributed by atoms with Crippen molar-refractivity contribution < 1.29 is 13.6 Å². The van der Waals surface area contributed by atoms with Crippen LogP contribution in [0.2, 0.25) is 0 Å². The van der Waals surface area contributed by atoms with Gasteiger partial charge in [-0.2, -0.15) is 0 Å². The Balaban J connectivity index is 1.47. The average Bonchev–Trinajstić information content (AvgIpc) is 2.85. The van der Waals surface area contributed by atoms with Crippen LogP contribution in [0.5, 0.6) is 0 Å². The number of urea groups is 1. The number of hydrogen-bond acceptors (Lipinski definition) is 5. The van der Waals surface area contributed by atoms with E-state index in [0.717, 1.165) is 35.4 Å². The molecule has 0 radical (unpaired) electrons. The summed E-state index contributed by atoms with van der Waals surface area (Å²) in [5.41, 5.74) is 10.1. The highest BCUT2D eigenvalue weighted by atomic mass is 19.1. The molecule has 9 heteroatoms. The van der Waals surface area contributed by atoms with Crippen LogP contribution in [0.15, 0.2) is 47.1 Å². The molecule has 7 nitrogen and oxygen atoms in total. The average molecular weight is 497 g/mol. The van der Waals surface area contributed by atoms with Gasteiger partial charge in [-0.25, -0.2) is 13.6 Å². The minimum atomic E-state index is -0.547. The number of likely N-dealkylation sites (tertiary alicyclic amines) is 2. The van der Waals surface area contributed by atoms with E-state index in [-0.39, 0.29) is 18.1 Å². The molecule has 2 aliphatic heterocycles. The summed E-state index contributed by atoms with van der Waals surface area (Å²) >= 11 is 0. The van der Waals surface area contributed by atoms with Crippen LogP contribution in [-0.2, 0) is 6.54 Å². The highest BCUT2D eigenvalue weighted by Gasteiger charge is 2.35. The van der Waals surface area contributed by atoms with Crippen LogP contribution in [0.4, 0.5) is 13.6 Å². The van der Waals surface area contributed by atoms with E-state index >= 15 is 0 Å². The molecule has 2 aliphatic rings. The maximum Gasteiger partial charge on any atom is 0.318 e. The van der Waals surface area contributed by atoms with Gasteiger partial charge in [0, 0.05) is 73.1 Å². The van der Waals surface area contributed by atoms with Gasteiger partial charge in [0.2, 0.25) is 0 Å². The van der Waals surface area contributed by atoms with E-state index < -0.39 is 17.2 Å². The Labute approximate surface area is 211 Å². The lowest BCUT2D eigenvalue weighted by Crippen LogP contribution is -2.60. The third-order valence-electron chi connectivity index (χ3n) is 7.03. The van der Waals surface area contributed by atoms with Gasteiger partial charge in [-0.15, -0.1) is 0 Å². The monoisotopic (exact) mass is 496 g/mol. The third-order valence-corrected chi connectivity index (χ3v) is 7.03. The fourth-order valence-corrected chi connectivity index (χ4v) is 5.13. The molecule has 2 amide bonds. The van der Waals surface area contributed by atoms with Crippen molar-refractivity contribution in [1.29, 1.82) is 0 Å². The Kier molecular flexibility index (Phi) is 7.68. The number of aliphatic imine (C=N–C) groups is 1. The molecule has 1 atom stereocenters. The van der Waals surface area contributed by atoms with Gasteiger partial charge in [0.15, 0.2) is 0 Å². The summed E-state index contributed by atoms with van der Waals surface area (Å²) in [4.78, 5) is 25.8. The van der Waals surface area contributed by atoms with E-state index in [9.17, 15) is 13.6 Å². The Bertz CT molecular complexity index is 1180. The summed E-state index contributed by atoms with van der Waals surface area (Å²) in [5.74, 6) is -1.09. The minimum absolute atomic E-state index is 0.0621. The van der Waals surface area contributed by atoms with Crippen molar-refractivity contribution in [1.82, 2.24) is 20.1 Å². The van der Waals surface area contributed by atoms with Crippen molar-refractivity contribution in [3.8, 4) is 0 Å². The number of pyridine rings is 1. The molecule has 3 N–H and O–H groups in total. The predicted octanol–water partition coefficient (Wildman–Crippen LogP) is 3.88. The second-order valence-electron chi connectivity index (χ2n) is 9.93. The summed E-state index contributed by atoms with van der Waals surface area (Å²) in [6, 6.07) is 7.52.